The number of methoxy groups -OCH3 is 1. The Bertz CT molecular complexity index is 901. The van der Waals surface area contributed by atoms with Gasteiger partial charge in [0.2, 0.25) is 4.80 Å². The number of aromatic nitrogens is 1. The van der Waals surface area contributed by atoms with Crippen molar-refractivity contribution in [3.8, 4) is 17.0 Å². The monoisotopic (exact) mass is 357 g/mol. The van der Waals surface area contributed by atoms with E-state index in [0.29, 0.717) is 0 Å². The van der Waals surface area contributed by atoms with Crippen LogP contribution < -0.4 is 9.54 Å². The molecular weight excluding hydrogens is 338 g/mol. The molecule has 0 fully saturated rings. The van der Waals surface area contributed by atoms with E-state index in [1.54, 1.807) is 29.8 Å². The van der Waals surface area contributed by atoms with Gasteiger partial charge >= 0.3 is 0 Å². The molecule has 0 amide bonds. The van der Waals surface area contributed by atoms with Gasteiger partial charge in [-0.3, -0.25) is 4.99 Å². The van der Waals surface area contributed by atoms with Gasteiger partial charge in [0.25, 0.3) is 0 Å². The van der Waals surface area contributed by atoms with Crippen LogP contribution in [0.1, 0.15) is 16.7 Å². The molecule has 0 N–H and O–H groups in total. The van der Waals surface area contributed by atoms with E-state index in [4.69, 9.17) is 4.74 Å². The van der Waals surface area contributed by atoms with Crippen LogP contribution in [-0.4, -0.2) is 24.5 Å². The van der Waals surface area contributed by atoms with Gasteiger partial charge in [0, 0.05) is 27.2 Å². The maximum Gasteiger partial charge on any atom is 0.206 e. The van der Waals surface area contributed by atoms with Gasteiger partial charge in [-0.05, 0) is 50.2 Å². The zero-order valence-corrected chi connectivity index (χ0v) is 15.5. The number of nitrogens with zero attached hydrogens (tertiary/aromatic N) is 3. The number of benzene rings is 1. The van der Waals surface area contributed by atoms with E-state index < -0.39 is 0 Å². The minimum Gasteiger partial charge on any atom is -0.497 e. The van der Waals surface area contributed by atoms with E-state index in [9.17, 15) is 0 Å². The summed E-state index contributed by atoms with van der Waals surface area (Å²) < 4.78 is 7.14. The van der Waals surface area contributed by atoms with Crippen molar-refractivity contribution in [2.45, 2.75) is 13.8 Å². The first kappa shape index (κ1) is 16.7. The van der Waals surface area contributed by atoms with Crippen LogP contribution in [0.15, 0.2) is 51.9 Å². The molecule has 0 radical (unpaired) electrons. The minimum atomic E-state index is 0.732. The molecule has 0 aliphatic heterocycles. The SMILES string of the molecule is CCN=c1scc(-c2ccc(OC)cc2)n1N=Cc1ccc(C)s1. The summed E-state index contributed by atoms with van der Waals surface area (Å²) in [5, 5.41) is 6.77. The average Bonchev–Trinajstić information content (AvgIpc) is 3.19. The van der Waals surface area contributed by atoms with Crippen LogP contribution in [0.5, 0.6) is 5.75 Å². The lowest BCUT2D eigenvalue weighted by atomic mass is 10.2. The summed E-state index contributed by atoms with van der Waals surface area (Å²) in [5.74, 6) is 0.844. The molecule has 0 spiro atoms. The Kier molecular flexibility index (Phi) is 5.27. The van der Waals surface area contributed by atoms with Crippen molar-refractivity contribution in [1.29, 1.82) is 0 Å². The molecule has 1 aromatic carbocycles. The van der Waals surface area contributed by atoms with Crippen LogP contribution >= 0.6 is 22.7 Å². The molecule has 2 heterocycles. The van der Waals surface area contributed by atoms with Crippen LogP contribution in [0.4, 0.5) is 0 Å². The maximum atomic E-state index is 5.24. The second-order valence-electron chi connectivity index (χ2n) is 5.11. The first-order valence-corrected chi connectivity index (χ1v) is 9.37. The largest absolute Gasteiger partial charge is 0.497 e. The molecule has 6 heteroatoms. The van der Waals surface area contributed by atoms with E-state index in [-0.39, 0.29) is 0 Å². The number of hydrogen-bond acceptors (Lipinski definition) is 5. The molecule has 124 valence electrons. The Morgan fingerprint density at radius 1 is 1.17 bits per heavy atom. The van der Waals surface area contributed by atoms with Crippen molar-refractivity contribution < 1.29 is 4.74 Å². The number of rotatable bonds is 5. The molecule has 3 rings (SSSR count). The molecular formula is C18H19N3OS2. The lowest BCUT2D eigenvalue weighted by Gasteiger charge is -2.04. The molecule has 0 bridgehead atoms. The van der Waals surface area contributed by atoms with Crippen molar-refractivity contribution in [1.82, 2.24) is 4.68 Å². The van der Waals surface area contributed by atoms with Gasteiger partial charge in [-0.1, -0.05) is 0 Å². The predicted molar refractivity (Wildman–Crippen MR) is 102 cm³/mol. The quantitative estimate of drug-likeness (QED) is 0.624. The molecule has 3 aromatic rings. The maximum absolute atomic E-state index is 5.24. The molecule has 4 nitrogen and oxygen atoms in total. The van der Waals surface area contributed by atoms with Crippen molar-refractivity contribution in [2.75, 3.05) is 13.7 Å². The summed E-state index contributed by atoms with van der Waals surface area (Å²) in [7, 11) is 1.67. The number of thiazole rings is 1. The molecule has 0 aliphatic rings. The standard InChI is InChI=1S/C18H19N3OS2/c1-4-19-18-21(20-11-16-10-5-13(2)24-16)17(12-23-18)14-6-8-15(22-3)9-7-14/h5-12H,4H2,1-3H3. The Labute approximate surface area is 149 Å². The predicted octanol–water partition coefficient (Wildman–Crippen LogP) is 4.40. The van der Waals surface area contributed by atoms with Gasteiger partial charge in [0.05, 0.1) is 19.0 Å². The minimum absolute atomic E-state index is 0.732. The Morgan fingerprint density at radius 3 is 2.58 bits per heavy atom. The van der Waals surface area contributed by atoms with Gasteiger partial charge in [-0.15, -0.1) is 22.7 Å². The van der Waals surface area contributed by atoms with Crippen molar-refractivity contribution in [3.63, 3.8) is 0 Å². The van der Waals surface area contributed by atoms with Crippen LogP contribution in [0.25, 0.3) is 11.3 Å². The third kappa shape index (κ3) is 3.66. The highest BCUT2D eigenvalue weighted by molar-refractivity contribution is 7.13. The summed E-state index contributed by atoms with van der Waals surface area (Å²) in [4.78, 5) is 7.86. The fourth-order valence-corrected chi connectivity index (χ4v) is 3.90. The van der Waals surface area contributed by atoms with Crippen molar-refractivity contribution in [3.05, 3.63) is 56.3 Å². The number of thiophene rings is 1. The second kappa shape index (κ2) is 7.59. The fraction of sp³-hybridized carbons (Fsp3) is 0.222. The number of aryl methyl sites for hydroxylation is 1. The van der Waals surface area contributed by atoms with Gasteiger partial charge < -0.3 is 4.74 Å². The van der Waals surface area contributed by atoms with Gasteiger partial charge in [0.15, 0.2) is 0 Å². The highest BCUT2D eigenvalue weighted by Gasteiger charge is 2.07. The van der Waals surface area contributed by atoms with Crippen molar-refractivity contribution in [2.24, 2.45) is 10.1 Å². The second-order valence-corrected chi connectivity index (χ2v) is 7.27. The highest BCUT2D eigenvalue weighted by atomic mass is 32.1. The lowest BCUT2D eigenvalue weighted by Crippen LogP contribution is -2.12. The third-order valence-electron chi connectivity index (χ3n) is 3.43. The van der Waals surface area contributed by atoms with Gasteiger partial charge in [-0.2, -0.15) is 5.10 Å². The first-order valence-electron chi connectivity index (χ1n) is 7.67. The summed E-state index contributed by atoms with van der Waals surface area (Å²) in [5.41, 5.74) is 2.11. The van der Waals surface area contributed by atoms with E-state index in [1.165, 1.54) is 4.88 Å². The van der Waals surface area contributed by atoms with Crippen LogP contribution in [0, 0.1) is 6.92 Å². The number of hydrogen-bond donors (Lipinski definition) is 0. The summed E-state index contributed by atoms with van der Waals surface area (Å²) in [6.45, 7) is 4.86. The zero-order chi connectivity index (χ0) is 16.9. The van der Waals surface area contributed by atoms with E-state index >= 15 is 0 Å². The zero-order valence-electron chi connectivity index (χ0n) is 13.9. The fourth-order valence-electron chi connectivity index (χ4n) is 2.25. The van der Waals surface area contributed by atoms with Gasteiger partial charge in [-0.25, -0.2) is 4.68 Å². The topological polar surface area (TPSA) is 38.9 Å². The third-order valence-corrected chi connectivity index (χ3v) is 5.22. The van der Waals surface area contributed by atoms with Crippen LogP contribution in [-0.2, 0) is 0 Å². The van der Waals surface area contributed by atoms with E-state index in [0.717, 1.165) is 33.2 Å². The molecule has 24 heavy (non-hydrogen) atoms. The molecule has 0 saturated heterocycles. The molecule has 0 atom stereocenters. The lowest BCUT2D eigenvalue weighted by molar-refractivity contribution is 0.415. The first-order chi connectivity index (χ1) is 11.7. The normalized spacial score (nSPS) is 12.2. The van der Waals surface area contributed by atoms with Crippen LogP contribution in [0.2, 0.25) is 0 Å². The average molecular weight is 358 g/mol. The smallest absolute Gasteiger partial charge is 0.206 e. The molecule has 0 unspecified atom stereocenters. The van der Waals surface area contributed by atoms with E-state index in [2.05, 4.69) is 34.5 Å². The summed E-state index contributed by atoms with van der Waals surface area (Å²) in [6, 6.07) is 12.2. The Hall–Kier alpha value is -2.18. The van der Waals surface area contributed by atoms with Crippen LogP contribution in [0.3, 0.4) is 0 Å². The molecule has 0 saturated carbocycles. The Balaban J connectivity index is 2.03. The number of ether oxygens (including phenoxy) is 1. The highest BCUT2D eigenvalue weighted by Crippen LogP contribution is 2.23. The molecule has 2 aromatic heterocycles. The molecule has 0 aliphatic carbocycles. The van der Waals surface area contributed by atoms with E-state index in [1.807, 2.05) is 42.1 Å². The Morgan fingerprint density at radius 2 is 1.96 bits per heavy atom. The summed E-state index contributed by atoms with van der Waals surface area (Å²) >= 11 is 3.33. The van der Waals surface area contributed by atoms with Gasteiger partial charge in [0.1, 0.15) is 5.75 Å². The van der Waals surface area contributed by atoms with Crippen molar-refractivity contribution >= 4 is 28.9 Å². The summed E-state index contributed by atoms with van der Waals surface area (Å²) in [6.07, 6.45) is 1.89.